The van der Waals surface area contributed by atoms with Gasteiger partial charge in [0.25, 0.3) is 5.91 Å². The highest BCUT2D eigenvalue weighted by Gasteiger charge is 2.12. The molecule has 2 N–H and O–H groups in total. The molecule has 0 fully saturated rings. The van der Waals surface area contributed by atoms with Gasteiger partial charge < -0.3 is 9.84 Å². The van der Waals surface area contributed by atoms with Crippen LogP contribution in [0.2, 0.25) is 0 Å². The summed E-state index contributed by atoms with van der Waals surface area (Å²) < 4.78 is 5.32. The van der Waals surface area contributed by atoms with Crippen LogP contribution < -0.4 is 10.2 Å². The van der Waals surface area contributed by atoms with Gasteiger partial charge in [0.2, 0.25) is 0 Å². The molecule has 4 aromatic carbocycles. The normalized spacial score (nSPS) is 10.8. The van der Waals surface area contributed by atoms with Crippen molar-refractivity contribution in [3.05, 3.63) is 108 Å². The average molecular weight is 410 g/mol. The first-order chi connectivity index (χ1) is 15.1. The van der Waals surface area contributed by atoms with E-state index in [9.17, 15) is 14.7 Å². The number of nitrogens with one attached hydrogen (secondary N) is 1. The van der Waals surface area contributed by atoms with Gasteiger partial charge in [0.1, 0.15) is 11.5 Å². The number of esters is 1. The van der Waals surface area contributed by atoms with Gasteiger partial charge in [-0.1, -0.05) is 42.5 Å². The lowest BCUT2D eigenvalue weighted by atomic mass is 10.1. The van der Waals surface area contributed by atoms with E-state index in [2.05, 4.69) is 10.5 Å². The van der Waals surface area contributed by atoms with Gasteiger partial charge in [-0.2, -0.15) is 5.10 Å². The molecule has 0 bridgehead atoms. The van der Waals surface area contributed by atoms with Crippen LogP contribution in [0.5, 0.6) is 11.5 Å². The zero-order valence-electron chi connectivity index (χ0n) is 16.4. The van der Waals surface area contributed by atoms with E-state index >= 15 is 0 Å². The smallest absolute Gasteiger partial charge is 0.343 e. The summed E-state index contributed by atoms with van der Waals surface area (Å²) in [5, 5.41) is 15.7. The van der Waals surface area contributed by atoms with E-state index in [1.165, 1.54) is 6.21 Å². The lowest BCUT2D eigenvalue weighted by Gasteiger charge is -2.06. The topological polar surface area (TPSA) is 88.0 Å². The van der Waals surface area contributed by atoms with Crippen molar-refractivity contribution in [1.29, 1.82) is 0 Å². The summed E-state index contributed by atoms with van der Waals surface area (Å²) in [7, 11) is 0. The van der Waals surface area contributed by atoms with Crippen LogP contribution in [0.25, 0.3) is 10.8 Å². The lowest BCUT2D eigenvalue weighted by molar-refractivity contribution is 0.0734. The third kappa shape index (κ3) is 4.76. The summed E-state index contributed by atoms with van der Waals surface area (Å²) in [6.07, 6.45) is 1.46. The first-order valence-corrected chi connectivity index (χ1v) is 9.52. The second kappa shape index (κ2) is 8.92. The molecule has 152 valence electrons. The van der Waals surface area contributed by atoms with E-state index in [4.69, 9.17) is 4.74 Å². The molecule has 0 spiro atoms. The maximum Gasteiger partial charge on any atom is 0.343 e. The fraction of sp³-hybridized carbons (Fsp3) is 0. The van der Waals surface area contributed by atoms with Gasteiger partial charge in [-0.05, 0) is 64.9 Å². The third-order valence-electron chi connectivity index (χ3n) is 4.59. The van der Waals surface area contributed by atoms with Crippen LogP contribution in [0, 0.1) is 0 Å². The Morgan fingerprint density at radius 3 is 2.19 bits per heavy atom. The quantitative estimate of drug-likeness (QED) is 0.219. The minimum Gasteiger partial charge on any atom is -0.507 e. The number of amides is 1. The molecule has 0 saturated heterocycles. The van der Waals surface area contributed by atoms with E-state index in [1.807, 2.05) is 30.3 Å². The summed E-state index contributed by atoms with van der Waals surface area (Å²) in [5.74, 6) is -0.676. The molecular formula is C25H18N2O4. The number of hydrazone groups is 1. The van der Waals surface area contributed by atoms with E-state index in [0.29, 0.717) is 16.9 Å². The second-order valence-corrected chi connectivity index (χ2v) is 6.74. The molecule has 1 amide bonds. The lowest BCUT2D eigenvalue weighted by Crippen LogP contribution is -2.17. The maximum atomic E-state index is 12.4. The number of rotatable bonds is 5. The number of carbonyl (C=O) groups excluding carboxylic acids is 2. The van der Waals surface area contributed by atoms with Gasteiger partial charge in [-0.25, -0.2) is 10.2 Å². The van der Waals surface area contributed by atoms with Gasteiger partial charge in [0.15, 0.2) is 0 Å². The molecule has 0 heterocycles. The van der Waals surface area contributed by atoms with Crippen LogP contribution in [0.15, 0.2) is 96.1 Å². The molecule has 0 atom stereocenters. The number of hydrogen-bond donors (Lipinski definition) is 2. The maximum absolute atomic E-state index is 12.4. The Bertz CT molecular complexity index is 1270. The Morgan fingerprint density at radius 1 is 0.839 bits per heavy atom. The molecule has 0 aliphatic heterocycles. The van der Waals surface area contributed by atoms with E-state index < -0.39 is 11.9 Å². The van der Waals surface area contributed by atoms with Crippen molar-refractivity contribution in [3.8, 4) is 11.5 Å². The summed E-state index contributed by atoms with van der Waals surface area (Å²) in [4.78, 5) is 24.4. The molecule has 4 aromatic rings. The Balaban J connectivity index is 1.38. The number of aromatic hydroxyl groups is 1. The largest absolute Gasteiger partial charge is 0.507 e. The highest BCUT2D eigenvalue weighted by molar-refractivity contribution is 6.01. The summed E-state index contributed by atoms with van der Waals surface area (Å²) in [5.41, 5.74) is 3.71. The van der Waals surface area contributed by atoms with Crippen molar-refractivity contribution in [1.82, 2.24) is 5.43 Å². The van der Waals surface area contributed by atoms with Crippen LogP contribution in [0.1, 0.15) is 26.3 Å². The number of nitrogens with zero attached hydrogens (tertiary/aromatic N) is 1. The van der Waals surface area contributed by atoms with Gasteiger partial charge in [-0.15, -0.1) is 0 Å². The molecule has 6 nitrogen and oxygen atoms in total. The van der Waals surface area contributed by atoms with Crippen molar-refractivity contribution in [3.63, 3.8) is 0 Å². The predicted octanol–water partition coefficient (Wildman–Crippen LogP) is 4.53. The Labute approximate surface area is 178 Å². The number of benzene rings is 4. The molecule has 31 heavy (non-hydrogen) atoms. The van der Waals surface area contributed by atoms with E-state index in [0.717, 1.165) is 10.8 Å². The van der Waals surface area contributed by atoms with Crippen LogP contribution in [-0.4, -0.2) is 23.2 Å². The molecule has 0 radical (unpaired) electrons. The van der Waals surface area contributed by atoms with Crippen LogP contribution in [0.4, 0.5) is 0 Å². The molecular weight excluding hydrogens is 392 g/mol. The SMILES string of the molecule is O=C(Oc1ccc(/C=N\NC(=O)c2cc3ccccc3cc2O)cc1)c1ccccc1. The highest BCUT2D eigenvalue weighted by Crippen LogP contribution is 2.24. The summed E-state index contributed by atoms with van der Waals surface area (Å²) >= 11 is 0. The number of hydrogen-bond acceptors (Lipinski definition) is 5. The molecule has 6 heteroatoms. The molecule has 4 rings (SSSR count). The Hall–Kier alpha value is -4.45. The monoisotopic (exact) mass is 410 g/mol. The first-order valence-electron chi connectivity index (χ1n) is 9.52. The van der Waals surface area contributed by atoms with Gasteiger partial charge in [-0.3, -0.25) is 4.79 Å². The Morgan fingerprint density at radius 2 is 1.48 bits per heavy atom. The van der Waals surface area contributed by atoms with Crippen molar-refractivity contribution in [2.75, 3.05) is 0 Å². The van der Waals surface area contributed by atoms with Gasteiger partial charge >= 0.3 is 5.97 Å². The number of phenols is 1. The average Bonchev–Trinajstić information content (AvgIpc) is 2.80. The fourth-order valence-electron chi connectivity index (χ4n) is 3.00. The first kappa shape index (κ1) is 19.8. The summed E-state index contributed by atoms with van der Waals surface area (Å²) in [6.45, 7) is 0. The van der Waals surface area contributed by atoms with Crippen molar-refractivity contribution >= 4 is 28.9 Å². The van der Waals surface area contributed by atoms with E-state index in [-0.39, 0.29) is 11.3 Å². The number of phenolic OH excluding ortho intramolecular Hbond substituents is 1. The third-order valence-corrected chi connectivity index (χ3v) is 4.59. The van der Waals surface area contributed by atoms with Crippen molar-refractivity contribution in [2.45, 2.75) is 0 Å². The van der Waals surface area contributed by atoms with Crippen LogP contribution >= 0.6 is 0 Å². The molecule has 0 unspecified atom stereocenters. The molecule has 0 aliphatic carbocycles. The van der Waals surface area contributed by atoms with E-state index in [1.54, 1.807) is 60.7 Å². The van der Waals surface area contributed by atoms with Crippen LogP contribution in [-0.2, 0) is 0 Å². The minimum absolute atomic E-state index is 0.115. The Kier molecular flexibility index (Phi) is 5.71. The van der Waals surface area contributed by atoms with Crippen molar-refractivity contribution in [2.24, 2.45) is 5.10 Å². The van der Waals surface area contributed by atoms with Crippen molar-refractivity contribution < 1.29 is 19.4 Å². The molecule has 0 aromatic heterocycles. The minimum atomic E-state index is -0.520. The predicted molar refractivity (Wildman–Crippen MR) is 119 cm³/mol. The highest BCUT2D eigenvalue weighted by atomic mass is 16.5. The number of fused-ring (bicyclic) bond motifs is 1. The van der Waals surface area contributed by atoms with Gasteiger partial charge in [0.05, 0.1) is 17.3 Å². The summed E-state index contributed by atoms with van der Waals surface area (Å²) in [6, 6.07) is 26.0. The van der Waals surface area contributed by atoms with Crippen LogP contribution in [0.3, 0.4) is 0 Å². The van der Waals surface area contributed by atoms with Gasteiger partial charge in [0, 0.05) is 0 Å². The molecule has 0 saturated carbocycles. The number of carbonyl (C=O) groups is 2. The zero-order valence-corrected chi connectivity index (χ0v) is 16.4. The number of ether oxygens (including phenoxy) is 1. The second-order valence-electron chi connectivity index (χ2n) is 6.74. The fourth-order valence-corrected chi connectivity index (χ4v) is 3.00. The molecule has 0 aliphatic rings. The zero-order chi connectivity index (χ0) is 21.6. The standard InChI is InChI=1S/C25H18N2O4/c28-23-15-20-9-5-4-8-19(20)14-22(23)24(29)27-26-16-17-10-12-21(13-11-17)31-25(30)18-6-2-1-3-7-18/h1-16,28H,(H,27,29)/b26-16-.